The van der Waals surface area contributed by atoms with Crippen LogP contribution in [0.4, 0.5) is 10.5 Å². The molecule has 2 aliphatic heterocycles. The van der Waals surface area contributed by atoms with Crippen molar-refractivity contribution in [3.8, 4) is 5.75 Å². The zero-order valence-corrected chi connectivity index (χ0v) is 21.4. The number of carbonyl (C=O) groups is 3. The van der Waals surface area contributed by atoms with Crippen LogP contribution in [0.1, 0.15) is 59.7 Å². The van der Waals surface area contributed by atoms with Crippen molar-refractivity contribution in [2.45, 2.75) is 52.6 Å². The Balaban J connectivity index is 1.87. The Hall–Kier alpha value is -3.07. The molecular weight excluding hydrogens is 450 g/mol. The molecule has 2 heterocycles. The Morgan fingerprint density at radius 3 is 2.57 bits per heavy atom. The highest BCUT2D eigenvalue weighted by atomic mass is 16.5. The van der Waals surface area contributed by atoms with Crippen LogP contribution >= 0.6 is 0 Å². The summed E-state index contributed by atoms with van der Waals surface area (Å²) in [6.45, 7) is 6.81. The van der Waals surface area contributed by atoms with E-state index in [2.05, 4.69) is 10.2 Å². The van der Waals surface area contributed by atoms with Crippen molar-refractivity contribution in [3.63, 3.8) is 0 Å². The fourth-order valence-corrected chi connectivity index (χ4v) is 4.82. The van der Waals surface area contributed by atoms with Crippen molar-refractivity contribution in [2.75, 3.05) is 46.2 Å². The van der Waals surface area contributed by atoms with E-state index in [0.717, 1.165) is 30.8 Å². The lowest BCUT2D eigenvalue weighted by Gasteiger charge is -2.21. The number of carbonyl (C=O) groups excluding carboxylic acids is 2. The Morgan fingerprint density at radius 2 is 1.97 bits per heavy atom. The van der Waals surface area contributed by atoms with Crippen LogP contribution in [-0.2, 0) is 22.6 Å². The molecule has 1 aromatic carbocycles. The van der Waals surface area contributed by atoms with Gasteiger partial charge in [0, 0.05) is 25.2 Å². The molecule has 3 rings (SSSR count). The van der Waals surface area contributed by atoms with E-state index in [9.17, 15) is 19.5 Å². The number of anilines is 1. The van der Waals surface area contributed by atoms with Gasteiger partial charge in [0.2, 0.25) is 0 Å². The molecule has 1 unspecified atom stereocenters. The SMILES string of the molecule is COc1c(C)c2c(c(NC(=O)N(C)C)c1C/C=C(\C)CC(CCN1CCCC1)C(=O)O)C(=O)OC2. The molecule has 1 atom stereocenters. The smallest absolute Gasteiger partial charge is 0.341 e. The molecule has 9 heteroatoms. The van der Waals surface area contributed by atoms with Crippen molar-refractivity contribution >= 4 is 23.7 Å². The average molecular weight is 488 g/mol. The zero-order valence-electron chi connectivity index (χ0n) is 21.4. The second-order valence-corrected chi connectivity index (χ2v) is 9.60. The van der Waals surface area contributed by atoms with Gasteiger partial charge in [-0.25, -0.2) is 9.59 Å². The van der Waals surface area contributed by atoms with E-state index < -0.39 is 17.9 Å². The number of methoxy groups -OCH3 is 1. The maximum absolute atomic E-state index is 12.6. The summed E-state index contributed by atoms with van der Waals surface area (Å²) in [5, 5.41) is 12.6. The number of likely N-dealkylation sites (tertiary alicyclic amines) is 1. The van der Waals surface area contributed by atoms with Crippen LogP contribution in [0.5, 0.6) is 5.75 Å². The minimum absolute atomic E-state index is 0.133. The number of cyclic esters (lactones) is 1. The number of allylic oxidation sites excluding steroid dienone is 2. The first kappa shape index (κ1) is 26.5. The first-order valence-electron chi connectivity index (χ1n) is 12.1. The topological polar surface area (TPSA) is 108 Å². The van der Waals surface area contributed by atoms with Gasteiger partial charge in [0.25, 0.3) is 0 Å². The molecule has 0 spiro atoms. The molecule has 1 fully saturated rings. The van der Waals surface area contributed by atoms with Crippen molar-refractivity contribution in [1.29, 1.82) is 0 Å². The fraction of sp³-hybridized carbons (Fsp3) is 0.577. The summed E-state index contributed by atoms with van der Waals surface area (Å²) in [5.74, 6) is -1.14. The third-order valence-corrected chi connectivity index (χ3v) is 6.88. The number of amides is 2. The minimum Gasteiger partial charge on any atom is -0.496 e. The molecule has 2 N–H and O–H groups in total. The van der Waals surface area contributed by atoms with Gasteiger partial charge in [0.15, 0.2) is 0 Å². The van der Waals surface area contributed by atoms with E-state index in [1.165, 1.54) is 17.7 Å². The summed E-state index contributed by atoms with van der Waals surface area (Å²) in [4.78, 5) is 40.7. The minimum atomic E-state index is -0.787. The molecule has 9 nitrogen and oxygen atoms in total. The summed E-state index contributed by atoms with van der Waals surface area (Å²) >= 11 is 0. The largest absolute Gasteiger partial charge is 0.496 e. The summed E-state index contributed by atoms with van der Waals surface area (Å²) in [6.07, 6.45) is 5.74. The Labute approximate surface area is 207 Å². The van der Waals surface area contributed by atoms with E-state index in [4.69, 9.17) is 9.47 Å². The van der Waals surface area contributed by atoms with Crippen LogP contribution in [0.2, 0.25) is 0 Å². The first-order valence-corrected chi connectivity index (χ1v) is 12.1. The lowest BCUT2D eigenvalue weighted by molar-refractivity contribution is -0.142. The predicted molar refractivity (Wildman–Crippen MR) is 133 cm³/mol. The third-order valence-electron chi connectivity index (χ3n) is 6.88. The number of carboxylic acid groups (broad SMARTS) is 1. The van der Waals surface area contributed by atoms with E-state index in [1.54, 1.807) is 21.2 Å². The second-order valence-electron chi connectivity index (χ2n) is 9.60. The summed E-state index contributed by atoms with van der Waals surface area (Å²) in [6, 6.07) is -0.368. The highest BCUT2D eigenvalue weighted by Gasteiger charge is 2.33. The Bertz CT molecular complexity index is 1010. The normalized spacial score (nSPS) is 16.6. The molecule has 1 aromatic rings. The molecule has 0 aliphatic carbocycles. The monoisotopic (exact) mass is 487 g/mol. The summed E-state index contributed by atoms with van der Waals surface area (Å²) in [5.41, 5.74) is 3.85. The maximum atomic E-state index is 12.6. The van der Waals surface area contributed by atoms with E-state index in [0.29, 0.717) is 47.4 Å². The zero-order chi connectivity index (χ0) is 25.7. The van der Waals surface area contributed by atoms with Crippen LogP contribution in [0, 0.1) is 12.8 Å². The van der Waals surface area contributed by atoms with Gasteiger partial charge in [-0.2, -0.15) is 0 Å². The van der Waals surface area contributed by atoms with Gasteiger partial charge in [-0.05, 0) is 71.1 Å². The number of urea groups is 1. The average Bonchev–Trinajstić information content (AvgIpc) is 3.46. The van der Waals surface area contributed by atoms with Crippen LogP contribution in [0.3, 0.4) is 0 Å². The van der Waals surface area contributed by atoms with E-state index in [-0.39, 0.29) is 12.6 Å². The molecule has 35 heavy (non-hydrogen) atoms. The predicted octanol–water partition coefficient (Wildman–Crippen LogP) is 3.83. The van der Waals surface area contributed by atoms with Crippen LogP contribution in [0.25, 0.3) is 0 Å². The molecule has 2 aliphatic rings. The number of hydrogen-bond acceptors (Lipinski definition) is 6. The standard InChI is InChI=1S/C26H37N3O6/c1-16(14-18(24(30)31)10-13-29-11-6-7-12-29)8-9-19-22(27-26(33)28(3)4)21-20(15-35-25(21)32)17(2)23(19)34-5/h8,18H,6-7,9-15H2,1-5H3,(H,27,33)(H,30,31)/b16-8+. The number of esters is 1. The number of nitrogens with zero attached hydrogens (tertiary/aromatic N) is 2. The lowest BCUT2D eigenvalue weighted by Crippen LogP contribution is -2.29. The van der Waals surface area contributed by atoms with Crippen molar-refractivity contribution in [1.82, 2.24) is 9.80 Å². The van der Waals surface area contributed by atoms with E-state index in [1.807, 2.05) is 19.9 Å². The van der Waals surface area contributed by atoms with Gasteiger partial charge in [-0.3, -0.25) is 4.79 Å². The van der Waals surface area contributed by atoms with Crippen LogP contribution in [-0.4, -0.2) is 73.7 Å². The van der Waals surface area contributed by atoms with Crippen LogP contribution in [0.15, 0.2) is 11.6 Å². The quantitative estimate of drug-likeness (QED) is 0.381. The first-order chi connectivity index (χ1) is 16.6. The van der Waals surface area contributed by atoms with Crippen molar-refractivity contribution in [2.24, 2.45) is 5.92 Å². The molecule has 0 saturated carbocycles. The number of carboxylic acids is 1. The van der Waals surface area contributed by atoms with Gasteiger partial charge in [0.1, 0.15) is 12.4 Å². The summed E-state index contributed by atoms with van der Waals surface area (Å²) in [7, 11) is 4.80. The Kier molecular flexibility index (Phi) is 8.77. The van der Waals surface area contributed by atoms with Gasteiger partial charge < -0.3 is 29.7 Å². The number of nitrogens with one attached hydrogen (secondary N) is 1. The lowest BCUT2D eigenvalue weighted by atomic mass is 9.92. The number of benzene rings is 1. The highest BCUT2D eigenvalue weighted by molar-refractivity contribution is 6.05. The molecule has 1 saturated heterocycles. The fourth-order valence-electron chi connectivity index (χ4n) is 4.82. The summed E-state index contributed by atoms with van der Waals surface area (Å²) < 4.78 is 11.0. The number of aliphatic carboxylic acids is 1. The number of ether oxygens (including phenoxy) is 2. The van der Waals surface area contributed by atoms with Gasteiger partial charge in [-0.1, -0.05) is 11.6 Å². The number of fused-ring (bicyclic) bond motifs is 1. The third kappa shape index (κ3) is 6.14. The molecular formula is C26H37N3O6. The highest BCUT2D eigenvalue weighted by Crippen LogP contribution is 2.41. The van der Waals surface area contributed by atoms with Gasteiger partial charge >= 0.3 is 18.0 Å². The Morgan fingerprint density at radius 1 is 1.29 bits per heavy atom. The van der Waals surface area contributed by atoms with Gasteiger partial charge in [0.05, 0.1) is 24.3 Å². The molecule has 2 amide bonds. The van der Waals surface area contributed by atoms with Crippen molar-refractivity contribution in [3.05, 3.63) is 33.9 Å². The molecule has 0 radical (unpaired) electrons. The van der Waals surface area contributed by atoms with Crippen molar-refractivity contribution < 1.29 is 29.0 Å². The second kappa shape index (κ2) is 11.6. The molecule has 192 valence electrons. The molecule has 0 aromatic heterocycles. The van der Waals surface area contributed by atoms with Crippen LogP contribution < -0.4 is 10.1 Å². The molecule has 0 bridgehead atoms. The van der Waals surface area contributed by atoms with E-state index >= 15 is 0 Å². The maximum Gasteiger partial charge on any atom is 0.341 e. The number of hydrogen-bond donors (Lipinski definition) is 2. The van der Waals surface area contributed by atoms with Gasteiger partial charge in [-0.15, -0.1) is 0 Å². The number of rotatable bonds is 10.